The van der Waals surface area contributed by atoms with Crippen molar-refractivity contribution in [1.29, 1.82) is 5.26 Å². The number of nitrogens with one attached hydrogen (secondary N) is 2. The van der Waals surface area contributed by atoms with E-state index in [2.05, 4.69) is 32.6 Å². The number of carbonyl (C=O) groups excluding carboxylic acids is 2. The third-order valence-corrected chi connectivity index (χ3v) is 5.86. The maximum absolute atomic E-state index is 12.2. The molecule has 0 aromatic heterocycles. The van der Waals surface area contributed by atoms with Crippen molar-refractivity contribution in [3.8, 4) is 6.07 Å². The lowest BCUT2D eigenvalue weighted by Crippen LogP contribution is -2.31. The Kier molecular flexibility index (Phi) is 6.79. The van der Waals surface area contributed by atoms with E-state index in [4.69, 9.17) is 11.6 Å². The van der Waals surface area contributed by atoms with Crippen molar-refractivity contribution in [3.05, 3.63) is 74.2 Å². The molecule has 2 amide bonds. The van der Waals surface area contributed by atoms with Crippen LogP contribution in [-0.4, -0.2) is 17.6 Å². The summed E-state index contributed by atoms with van der Waals surface area (Å²) in [5.74, 6) is -0.732. The Morgan fingerprint density at radius 2 is 2.07 bits per heavy atom. The molecule has 0 fully saturated rings. The smallest absolute Gasteiger partial charge is 0.234 e. The van der Waals surface area contributed by atoms with Gasteiger partial charge < -0.3 is 10.6 Å². The molecule has 2 aromatic rings. The van der Waals surface area contributed by atoms with Crippen molar-refractivity contribution in [2.24, 2.45) is 0 Å². The average molecular weight is 477 g/mol. The van der Waals surface area contributed by atoms with Crippen molar-refractivity contribution in [3.63, 3.8) is 0 Å². The predicted molar refractivity (Wildman–Crippen MR) is 115 cm³/mol. The first-order valence-corrected chi connectivity index (χ1v) is 10.5. The molecule has 1 aliphatic heterocycles. The number of halogens is 2. The van der Waals surface area contributed by atoms with E-state index in [1.165, 1.54) is 0 Å². The summed E-state index contributed by atoms with van der Waals surface area (Å²) < 4.78 is 0.917. The molecule has 0 saturated carbocycles. The van der Waals surface area contributed by atoms with Gasteiger partial charge in [0.1, 0.15) is 0 Å². The Morgan fingerprint density at radius 3 is 2.75 bits per heavy atom. The molecule has 3 rings (SSSR count). The number of hydrogen-bond donors (Lipinski definition) is 2. The van der Waals surface area contributed by atoms with Crippen molar-refractivity contribution >= 4 is 56.8 Å². The predicted octanol–water partition coefficient (Wildman–Crippen LogP) is 4.81. The number of anilines is 1. The van der Waals surface area contributed by atoms with E-state index in [0.717, 1.165) is 21.8 Å². The highest BCUT2D eigenvalue weighted by atomic mass is 79.9. The summed E-state index contributed by atoms with van der Waals surface area (Å²) in [6, 6.07) is 16.5. The van der Waals surface area contributed by atoms with Crippen LogP contribution < -0.4 is 10.6 Å². The average Bonchev–Trinajstić information content (AvgIpc) is 2.67. The number of nitriles is 1. The highest BCUT2D eigenvalue weighted by Gasteiger charge is 2.30. The highest BCUT2D eigenvalue weighted by molar-refractivity contribution is 9.10. The van der Waals surface area contributed by atoms with Crippen molar-refractivity contribution < 1.29 is 9.59 Å². The van der Waals surface area contributed by atoms with E-state index >= 15 is 0 Å². The minimum absolute atomic E-state index is 0.0686. The fourth-order valence-corrected chi connectivity index (χ4v) is 4.15. The normalized spacial score (nSPS) is 16.3. The van der Waals surface area contributed by atoms with Gasteiger partial charge in [0.15, 0.2) is 0 Å². The van der Waals surface area contributed by atoms with E-state index in [0.29, 0.717) is 21.3 Å². The van der Waals surface area contributed by atoms with Crippen molar-refractivity contribution in [2.75, 3.05) is 11.1 Å². The van der Waals surface area contributed by atoms with Crippen LogP contribution in [0.5, 0.6) is 0 Å². The van der Waals surface area contributed by atoms with E-state index in [-0.39, 0.29) is 29.9 Å². The van der Waals surface area contributed by atoms with Gasteiger partial charge in [-0.05, 0) is 42.0 Å². The summed E-state index contributed by atoms with van der Waals surface area (Å²) in [6.07, 6.45) is 0.165. The van der Waals surface area contributed by atoms with Gasteiger partial charge in [0.05, 0.1) is 22.4 Å². The van der Waals surface area contributed by atoms with E-state index in [9.17, 15) is 14.9 Å². The van der Waals surface area contributed by atoms with Crippen molar-refractivity contribution in [2.45, 2.75) is 12.3 Å². The minimum Gasteiger partial charge on any atom is -0.325 e. The second-order valence-electron chi connectivity index (χ2n) is 6.06. The highest BCUT2D eigenvalue weighted by Crippen LogP contribution is 2.36. The first-order chi connectivity index (χ1) is 13.5. The van der Waals surface area contributed by atoms with Gasteiger partial charge in [0.25, 0.3) is 0 Å². The Labute approximate surface area is 180 Å². The molecule has 1 aliphatic rings. The van der Waals surface area contributed by atoms with E-state index in [1.807, 2.05) is 18.2 Å². The van der Waals surface area contributed by atoms with Gasteiger partial charge in [-0.25, -0.2) is 0 Å². The molecule has 142 valence electrons. The maximum Gasteiger partial charge on any atom is 0.234 e. The van der Waals surface area contributed by atoms with Crippen LogP contribution in [0, 0.1) is 11.3 Å². The number of amides is 2. The molecule has 0 spiro atoms. The van der Waals surface area contributed by atoms with Gasteiger partial charge in [0.2, 0.25) is 11.8 Å². The number of allylic oxidation sites excluding steroid dienone is 1. The molecule has 8 heteroatoms. The molecular weight excluding hydrogens is 462 g/mol. The second kappa shape index (κ2) is 9.28. The molecule has 5 nitrogen and oxygen atoms in total. The number of carbonyl (C=O) groups is 2. The van der Waals surface area contributed by atoms with Crippen molar-refractivity contribution in [1.82, 2.24) is 5.32 Å². The molecule has 0 bridgehead atoms. The van der Waals surface area contributed by atoms with Gasteiger partial charge in [-0.2, -0.15) is 5.26 Å². The molecule has 0 radical (unpaired) electrons. The molecule has 0 saturated heterocycles. The Balaban J connectivity index is 1.74. The summed E-state index contributed by atoms with van der Waals surface area (Å²) in [4.78, 5) is 24.4. The van der Waals surface area contributed by atoms with Gasteiger partial charge in [-0.15, -0.1) is 0 Å². The summed E-state index contributed by atoms with van der Waals surface area (Å²) in [6.45, 7) is 0. The minimum atomic E-state index is -0.380. The van der Waals surface area contributed by atoms with Crippen LogP contribution in [0.3, 0.4) is 0 Å². The van der Waals surface area contributed by atoms with Crippen LogP contribution in [-0.2, 0) is 9.59 Å². The molecule has 1 atom stereocenters. The van der Waals surface area contributed by atoms with Crippen LogP contribution in [0.4, 0.5) is 5.69 Å². The lowest BCUT2D eigenvalue weighted by Gasteiger charge is -2.25. The molecule has 2 N–H and O–H groups in total. The summed E-state index contributed by atoms with van der Waals surface area (Å²) in [5.41, 5.74) is 1.91. The quantitative estimate of drug-likeness (QED) is 0.648. The third-order valence-electron chi connectivity index (χ3n) is 4.08. The number of thioether (sulfide) groups is 1. The molecule has 0 unspecified atom stereocenters. The molecule has 2 aromatic carbocycles. The zero-order chi connectivity index (χ0) is 20.1. The molecule has 0 aliphatic carbocycles. The van der Waals surface area contributed by atoms with Crippen LogP contribution in [0.15, 0.2) is 63.6 Å². The fourth-order valence-electron chi connectivity index (χ4n) is 2.81. The zero-order valence-corrected chi connectivity index (χ0v) is 17.7. The Morgan fingerprint density at radius 1 is 1.32 bits per heavy atom. The summed E-state index contributed by atoms with van der Waals surface area (Å²) >= 11 is 10.5. The molecule has 1 heterocycles. The van der Waals surface area contributed by atoms with Gasteiger partial charge in [-0.3, -0.25) is 9.59 Å². The summed E-state index contributed by atoms with van der Waals surface area (Å²) in [5, 5.41) is 16.1. The Hall–Kier alpha value is -2.27. The standard InChI is InChI=1S/C20H15BrClN3O2S/c21-13-4-6-15(7-5-13)24-19(27)11-28-20-17(10-23)16(9-18(26)25-20)12-2-1-3-14(22)8-12/h1-8,16H,9,11H2,(H,24,27)(H,25,26)/t16-/m0/s1. The SMILES string of the molecule is N#CC1=C(SCC(=O)Nc2ccc(Br)cc2)NC(=O)C[C@H]1c1cccc(Cl)c1. The fraction of sp³-hybridized carbons (Fsp3) is 0.150. The lowest BCUT2D eigenvalue weighted by atomic mass is 9.87. The summed E-state index contributed by atoms with van der Waals surface area (Å²) in [7, 11) is 0. The Bertz CT molecular complexity index is 986. The van der Waals surface area contributed by atoms with Crippen LogP contribution >= 0.6 is 39.3 Å². The van der Waals surface area contributed by atoms with Gasteiger partial charge in [0, 0.05) is 27.5 Å². The van der Waals surface area contributed by atoms with Gasteiger partial charge >= 0.3 is 0 Å². The van der Waals surface area contributed by atoms with Crippen LogP contribution in [0.1, 0.15) is 17.9 Å². The maximum atomic E-state index is 12.2. The van der Waals surface area contributed by atoms with E-state index in [1.54, 1.807) is 30.3 Å². The largest absolute Gasteiger partial charge is 0.325 e. The first kappa shape index (κ1) is 20.5. The topological polar surface area (TPSA) is 82.0 Å². The number of hydrogen-bond acceptors (Lipinski definition) is 4. The number of benzene rings is 2. The monoisotopic (exact) mass is 475 g/mol. The third kappa shape index (κ3) is 5.16. The van der Waals surface area contributed by atoms with E-state index < -0.39 is 0 Å². The van der Waals surface area contributed by atoms with Gasteiger partial charge in [-0.1, -0.05) is 51.4 Å². The number of nitrogens with zero attached hydrogens (tertiary/aromatic N) is 1. The zero-order valence-electron chi connectivity index (χ0n) is 14.5. The molecular formula is C20H15BrClN3O2S. The first-order valence-electron chi connectivity index (χ1n) is 8.34. The molecule has 28 heavy (non-hydrogen) atoms. The lowest BCUT2D eigenvalue weighted by molar-refractivity contribution is -0.121. The number of rotatable bonds is 5. The van der Waals surface area contributed by atoms with Crippen LogP contribution in [0.2, 0.25) is 5.02 Å². The second-order valence-corrected chi connectivity index (χ2v) is 8.40. The van der Waals surface area contributed by atoms with Crippen LogP contribution in [0.25, 0.3) is 0 Å².